The van der Waals surface area contributed by atoms with E-state index < -0.39 is 10.0 Å². The summed E-state index contributed by atoms with van der Waals surface area (Å²) in [5.74, 6) is 0.130. The van der Waals surface area contributed by atoms with Crippen LogP contribution in [0.25, 0.3) is 0 Å². The van der Waals surface area contributed by atoms with Crippen LogP contribution in [0, 0.1) is 0 Å². The first-order chi connectivity index (χ1) is 13.2. The molecule has 0 saturated heterocycles. The van der Waals surface area contributed by atoms with Crippen LogP contribution in [-0.4, -0.2) is 45.0 Å². The number of aryl methyl sites for hydroxylation is 1. The second kappa shape index (κ2) is 8.63. The van der Waals surface area contributed by atoms with Gasteiger partial charge in [-0.1, -0.05) is 29.3 Å². The van der Waals surface area contributed by atoms with Crippen LogP contribution in [0.3, 0.4) is 0 Å². The number of sulfonamides is 1. The summed E-state index contributed by atoms with van der Waals surface area (Å²) in [5, 5.41) is 1.03. The van der Waals surface area contributed by atoms with Gasteiger partial charge in [0.2, 0.25) is 15.9 Å². The normalized spacial score (nSPS) is 14.2. The lowest BCUT2D eigenvalue weighted by molar-refractivity contribution is -0.116. The second-order valence-corrected chi connectivity index (χ2v) is 10.5. The molecule has 3 rings (SSSR count). The summed E-state index contributed by atoms with van der Waals surface area (Å²) in [6.45, 7) is 0.600. The van der Waals surface area contributed by atoms with E-state index in [2.05, 4.69) is 0 Å². The number of carbonyl (C=O) groups excluding carboxylic acids is 1. The molecule has 1 aliphatic rings. The number of amides is 1. The van der Waals surface area contributed by atoms with Crippen LogP contribution in [0.1, 0.15) is 12.0 Å². The van der Waals surface area contributed by atoms with Gasteiger partial charge >= 0.3 is 0 Å². The molecule has 0 spiro atoms. The molecular weight excluding hydrogens is 439 g/mol. The predicted octanol–water partition coefficient (Wildman–Crippen LogP) is 4.32. The Morgan fingerprint density at radius 2 is 1.86 bits per heavy atom. The third-order valence-electron chi connectivity index (χ3n) is 4.51. The number of thioether (sulfide) groups is 1. The van der Waals surface area contributed by atoms with Crippen molar-refractivity contribution in [1.82, 2.24) is 4.31 Å². The maximum absolute atomic E-state index is 12.8. The van der Waals surface area contributed by atoms with E-state index in [0.717, 1.165) is 24.1 Å². The first-order valence-corrected chi connectivity index (χ1v) is 11.8. The minimum atomic E-state index is -3.51. The van der Waals surface area contributed by atoms with Gasteiger partial charge in [-0.2, -0.15) is 0 Å². The lowest BCUT2D eigenvalue weighted by Gasteiger charge is -2.30. The lowest BCUT2D eigenvalue weighted by Crippen LogP contribution is -2.36. The minimum absolute atomic E-state index is 0.0647. The molecule has 2 aromatic rings. The van der Waals surface area contributed by atoms with E-state index in [1.165, 1.54) is 30.2 Å². The van der Waals surface area contributed by atoms with Crippen molar-refractivity contribution in [2.24, 2.45) is 0 Å². The fourth-order valence-corrected chi connectivity index (χ4v) is 5.55. The Bertz CT molecular complexity index is 990. The monoisotopic (exact) mass is 458 g/mol. The molecular formula is C19H20Cl2N2O3S2. The summed E-state index contributed by atoms with van der Waals surface area (Å²) < 4.78 is 25.9. The number of rotatable bonds is 5. The van der Waals surface area contributed by atoms with E-state index >= 15 is 0 Å². The first-order valence-electron chi connectivity index (χ1n) is 8.64. The van der Waals surface area contributed by atoms with E-state index in [1.54, 1.807) is 41.3 Å². The van der Waals surface area contributed by atoms with Crippen LogP contribution in [0.4, 0.5) is 5.69 Å². The lowest BCUT2D eigenvalue weighted by atomic mass is 10.0. The van der Waals surface area contributed by atoms with Crippen LogP contribution >= 0.6 is 35.0 Å². The highest BCUT2D eigenvalue weighted by Crippen LogP contribution is 2.35. The van der Waals surface area contributed by atoms with Crippen LogP contribution < -0.4 is 4.90 Å². The number of fused-ring (bicyclic) bond motifs is 1. The van der Waals surface area contributed by atoms with Crippen molar-refractivity contribution < 1.29 is 13.2 Å². The maximum atomic E-state index is 12.8. The van der Waals surface area contributed by atoms with E-state index in [0.29, 0.717) is 21.5 Å². The summed E-state index contributed by atoms with van der Waals surface area (Å²) in [6, 6.07) is 10.2. The van der Waals surface area contributed by atoms with Gasteiger partial charge in [0.1, 0.15) is 0 Å². The highest BCUT2D eigenvalue weighted by atomic mass is 35.5. The molecule has 0 atom stereocenters. The Labute approximate surface area is 179 Å². The average molecular weight is 459 g/mol. The summed E-state index contributed by atoms with van der Waals surface area (Å²) in [4.78, 5) is 15.5. The van der Waals surface area contributed by atoms with E-state index in [9.17, 15) is 13.2 Å². The second-order valence-electron chi connectivity index (χ2n) is 6.57. The SMILES string of the molecule is CN(C)S(=O)(=O)c1ccc2c(c1)CCCN2C(=O)CSc1c(Cl)cccc1Cl. The number of carbonyl (C=O) groups is 1. The van der Waals surface area contributed by atoms with Gasteiger partial charge in [-0.05, 0) is 48.7 Å². The molecule has 0 radical (unpaired) electrons. The van der Waals surface area contributed by atoms with Gasteiger partial charge in [0.15, 0.2) is 0 Å². The quantitative estimate of drug-likeness (QED) is 0.626. The third-order valence-corrected chi connectivity index (χ3v) is 8.29. The Hall–Kier alpha value is -1.25. The zero-order valence-corrected chi connectivity index (χ0v) is 18.6. The molecule has 0 bridgehead atoms. The van der Waals surface area contributed by atoms with Crippen molar-refractivity contribution in [1.29, 1.82) is 0 Å². The summed E-state index contributed by atoms with van der Waals surface area (Å²) >= 11 is 13.7. The highest BCUT2D eigenvalue weighted by Gasteiger charge is 2.26. The molecule has 150 valence electrons. The fraction of sp³-hybridized carbons (Fsp3) is 0.316. The zero-order valence-electron chi connectivity index (χ0n) is 15.5. The Morgan fingerprint density at radius 1 is 1.18 bits per heavy atom. The first kappa shape index (κ1) is 21.5. The van der Waals surface area contributed by atoms with Crippen molar-refractivity contribution in [2.75, 3.05) is 31.3 Å². The number of hydrogen-bond acceptors (Lipinski definition) is 4. The number of benzene rings is 2. The van der Waals surface area contributed by atoms with Gasteiger partial charge in [0, 0.05) is 31.2 Å². The molecule has 0 unspecified atom stereocenters. The molecule has 1 heterocycles. The van der Waals surface area contributed by atoms with Gasteiger partial charge < -0.3 is 4.90 Å². The minimum Gasteiger partial charge on any atom is -0.311 e. The van der Waals surface area contributed by atoms with Crippen LogP contribution in [0.15, 0.2) is 46.2 Å². The largest absolute Gasteiger partial charge is 0.311 e. The molecule has 0 aromatic heterocycles. The Balaban J connectivity index is 1.81. The van der Waals surface area contributed by atoms with Gasteiger partial charge in [-0.25, -0.2) is 12.7 Å². The standard InChI is InChI=1S/C19H20Cl2N2O3S2/c1-22(2)28(25,26)14-8-9-17-13(11-14)5-4-10-23(17)18(24)12-27-19-15(20)6-3-7-16(19)21/h3,6-9,11H,4-5,10,12H2,1-2H3. The molecule has 0 saturated carbocycles. The van der Waals surface area contributed by atoms with Crippen LogP contribution in [0.5, 0.6) is 0 Å². The third kappa shape index (κ3) is 4.33. The van der Waals surface area contributed by atoms with Gasteiger partial charge in [0.05, 0.1) is 20.7 Å². The summed E-state index contributed by atoms with van der Waals surface area (Å²) in [7, 11) is -0.504. The molecule has 2 aromatic carbocycles. The van der Waals surface area contributed by atoms with Gasteiger partial charge in [-0.15, -0.1) is 11.8 Å². The summed E-state index contributed by atoms with van der Waals surface area (Å²) in [6.07, 6.45) is 1.51. The van der Waals surface area contributed by atoms with E-state index in [-0.39, 0.29) is 16.6 Å². The van der Waals surface area contributed by atoms with Crippen LogP contribution in [0.2, 0.25) is 10.0 Å². The molecule has 1 amide bonds. The van der Waals surface area contributed by atoms with Crippen molar-refractivity contribution >= 4 is 56.6 Å². The zero-order chi connectivity index (χ0) is 20.5. The van der Waals surface area contributed by atoms with Gasteiger partial charge in [0.25, 0.3) is 0 Å². The Morgan fingerprint density at radius 3 is 2.50 bits per heavy atom. The fourth-order valence-electron chi connectivity index (χ4n) is 3.04. The van der Waals surface area contributed by atoms with Crippen molar-refractivity contribution in [3.8, 4) is 0 Å². The molecule has 0 fully saturated rings. The van der Waals surface area contributed by atoms with E-state index in [4.69, 9.17) is 23.2 Å². The molecule has 0 aliphatic carbocycles. The topological polar surface area (TPSA) is 57.7 Å². The Kier molecular flexibility index (Phi) is 6.61. The number of hydrogen-bond donors (Lipinski definition) is 0. The smallest absolute Gasteiger partial charge is 0.242 e. The van der Waals surface area contributed by atoms with Gasteiger partial charge in [-0.3, -0.25) is 4.79 Å². The molecule has 5 nitrogen and oxygen atoms in total. The van der Waals surface area contributed by atoms with Crippen LogP contribution in [-0.2, 0) is 21.2 Å². The van der Waals surface area contributed by atoms with Crippen molar-refractivity contribution in [3.05, 3.63) is 52.0 Å². The number of halogens is 2. The average Bonchev–Trinajstić information content (AvgIpc) is 2.66. The number of nitrogens with zero attached hydrogens (tertiary/aromatic N) is 2. The number of anilines is 1. The van der Waals surface area contributed by atoms with Crippen molar-refractivity contribution in [2.45, 2.75) is 22.6 Å². The highest BCUT2D eigenvalue weighted by molar-refractivity contribution is 8.00. The summed E-state index contributed by atoms with van der Waals surface area (Å²) in [5.41, 5.74) is 1.63. The maximum Gasteiger partial charge on any atom is 0.242 e. The molecule has 0 N–H and O–H groups in total. The molecule has 1 aliphatic heterocycles. The predicted molar refractivity (Wildman–Crippen MR) is 115 cm³/mol. The molecule has 9 heteroatoms. The van der Waals surface area contributed by atoms with E-state index in [1.807, 2.05) is 0 Å². The van der Waals surface area contributed by atoms with Crippen molar-refractivity contribution in [3.63, 3.8) is 0 Å². The molecule has 28 heavy (non-hydrogen) atoms.